The fourth-order valence-corrected chi connectivity index (χ4v) is 2.38. The quantitative estimate of drug-likeness (QED) is 0.818. The highest BCUT2D eigenvalue weighted by Crippen LogP contribution is 2.18. The van der Waals surface area contributed by atoms with E-state index in [0.29, 0.717) is 12.1 Å². The van der Waals surface area contributed by atoms with Gasteiger partial charge in [0.2, 0.25) is 0 Å². The highest BCUT2D eigenvalue weighted by atomic mass is 15.0. The van der Waals surface area contributed by atoms with E-state index >= 15 is 0 Å². The minimum atomic E-state index is 0.540. The third kappa shape index (κ3) is 2.98. The first-order valence-electron chi connectivity index (χ1n) is 6.19. The van der Waals surface area contributed by atoms with Crippen LogP contribution in [0.25, 0.3) is 0 Å². The molecule has 90 valence electrons. The lowest BCUT2D eigenvalue weighted by molar-refractivity contribution is 0.396. The van der Waals surface area contributed by atoms with Gasteiger partial charge in [-0.3, -0.25) is 0 Å². The fraction of sp³-hybridized carbons (Fsp3) is 0.500. The molecule has 2 N–H and O–H groups in total. The first-order valence-corrected chi connectivity index (χ1v) is 6.19. The molecule has 3 nitrogen and oxygen atoms in total. The van der Waals surface area contributed by atoms with Crippen molar-refractivity contribution in [3.8, 4) is 6.07 Å². The Bertz CT molecular complexity index is 434. The second kappa shape index (κ2) is 5.20. The summed E-state index contributed by atoms with van der Waals surface area (Å²) < 4.78 is 0. The number of rotatable bonds is 2. The molecule has 2 atom stereocenters. The summed E-state index contributed by atoms with van der Waals surface area (Å²) in [7, 11) is 0. The van der Waals surface area contributed by atoms with Crippen LogP contribution in [-0.2, 0) is 0 Å². The first kappa shape index (κ1) is 11.9. The Kier molecular flexibility index (Phi) is 3.65. The van der Waals surface area contributed by atoms with E-state index < -0.39 is 0 Å². The molecular weight excluding hydrogens is 210 g/mol. The molecule has 3 heteroatoms. The van der Waals surface area contributed by atoms with E-state index in [4.69, 9.17) is 5.26 Å². The van der Waals surface area contributed by atoms with Gasteiger partial charge in [-0.2, -0.15) is 5.26 Å². The Hall–Kier alpha value is -1.53. The monoisotopic (exact) mass is 229 g/mol. The minimum absolute atomic E-state index is 0.540. The zero-order valence-corrected chi connectivity index (χ0v) is 10.5. The van der Waals surface area contributed by atoms with Gasteiger partial charge < -0.3 is 10.6 Å². The van der Waals surface area contributed by atoms with Gasteiger partial charge in [0.1, 0.15) is 0 Å². The van der Waals surface area contributed by atoms with E-state index in [1.807, 2.05) is 19.1 Å². The molecule has 0 aromatic heterocycles. The molecule has 0 spiro atoms. The zero-order chi connectivity index (χ0) is 12.3. The van der Waals surface area contributed by atoms with Crippen LogP contribution < -0.4 is 10.6 Å². The predicted octanol–water partition coefficient (Wildman–Crippen LogP) is 2.42. The van der Waals surface area contributed by atoms with E-state index in [2.05, 4.69) is 29.7 Å². The van der Waals surface area contributed by atoms with Crippen molar-refractivity contribution >= 4 is 5.69 Å². The van der Waals surface area contributed by atoms with Crippen molar-refractivity contribution in [1.29, 1.82) is 5.26 Å². The average molecular weight is 229 g/mol. The Balaban J connectivity index is 2.04. The lowest BCUT2D eigenvalue weighted by atomic mass is 10.00. The topological polar surface area (TPSA) is 47.8 Å². The van der Waals surface area contributed by atoms with Crippen LogP contribution >= 0.6 is 0 Å². The second-order valence-corrected chi connectivity index (χ2v) is 4.86. The van der Waals surface area contributed by atoms with E-state index in [1.54, 1.807) is 0 Å². The standard InChI is InChI=1S/C14H19N3/c1-10-7-13(4-3-12(10)9-15)17-14-5-6-16-11(2)8-14/h3-4,7,11,14,16-17H,5-6,8H2,1-2H3. The molecule has 0 bridgehead atoms. The number of nitriles is 1. The van der Waals surface area contributed by atoms with Gasteiger partial charge in [-0.25, -0.2) is 0 Å². The summed E-state index contributed by atoms with van der Waals surface area (Å²) in [6, 6.07) is 9.27. The van der Waals surface area contributed by atoms with Crippen molar-refractivity contribution in [2.24, 2.45) is 0 Å². The molecule has 1 aromatic rings. The summed E-state index contributed by atoms with van der Waals surface area (Å²) in [5.41, 5.74) is 2.93. The molecule has 1 aliphatic rings. The van der Waals surface area contributed by atoms with E-state index in [9.17, 15) is 0 Å². The maximum absolute atomic E-state index is 8.89. The Morgan fingerprint density at radius 2 is 2.29 bits per heavy atom. The number of piperidine rings is 1. The number of aryl methyl sites for hydroxylation is 1. The maximum Gasteiger partial charge on any atom is 0.0994 e. The number of hydrogen-bond donors (Lipinski definition) is 2. The Labute approximate surface area is 103 Å². The van der Waals surface area contributed by atoms with Crippen LogP contribution in [0, 0.1) is 18.3 Å². The number of hydrogen-bond acceptors (Lipinski definition) is 3. The van der Waals surface area contributed by atoms with Crippen molar-refractivity contribution in [2.75, 3.05) is 11.9 Å². The van der Waals surface area contributed by atoms with E-state index in [0.717, 1.165) is 36.2 Å². The number of nitrogens with zero attached hydrogens (tertiary/aromatic N) is 1. The van der Waals surface area contributed by atoms with Crippen LogP contribution in [-0.4, -0.2) is 18.6 Å². The molecule has 0 radical (unpaired) electrons. The van der Waals surface area contributed by atoms with E-state index in [1.165, 1.54) is 0 Å². The molecule has 0 saturated carbocycles. The van der Waals surface area contributed by atoms with E-state index in [-0.39, 0.29) is 0 Å². The number of nitrogens with one attached hydrogen (secondary N) is 2. The number of benzene rings is 1. The molecule has 1 saturated heterocycles. The molecular formula is C14H19N3. The van der Waals surface area contributed by atoms with Gasteiger partial charge in [0, 0.05) is 17.8 Å². The Morgan fingerprint density at radius 3 is 2.94 bits per heavy atom. The van der Waals surface area contributed by atoms with Crippen molar-refractivity contribution < 1.29 is 0 Å². The molecule has 2 unspecified atom stereocenters. The summed E-state index contributed by atoms with van der Waals surface area (Å²) in [6.07, 6.45) is 2.31. The fourth-order valence-electron chi connectivity index (χ4n) is 2.38. The summed E-state index contributed by atoms with van der Waals surface area (Å²) in [6.45, 7) is 5.28. The van der Waals surface area contributed by atoms with Crippen LogP contribution in [0.4, 0.5) is 5.69 Å². The molecule has 17 heavy (non-hydrogen) atoms. The predicted molar refractivity (Wildman–Crippen MR) is 70.0 cm³/mol. The minimum Gasteiger partial charge on any atom is -0.382 e. The highest BCUT2D eigenvalue weighted by Gasteiger charge is 2.17. The molecule has 0 amide bonds. The van der Waals surface area contributed by atoms with Gasteiger partial charge in [-0.1, -0.05) is 0 Å². The van der Waals surface area contributed by atoms with Crippen molar-refractivity contribution in [1.82, 2.24) is 5.32 Å². The normalized spacial score (nSPS) is 24.1. The van der Waals surface area contributed by atoms with Gasteiger partial charge in [-0.05, 0) is 57.0 Å². The largest absolute Gasteiger partial charge is 0.382 e. The summed E-state index contributed by atoms with van der Waals surface area (Å²) in [5, 5.41) is 15.9. The van der Waals surface area contributed by atoms with Crippen molar-refractivity contribution in [3.63, 3.8) is 0 Å². The highest BCUT2D eigenvalue weighted by molar-refractivity contribution is 5.52. The van der Waals surface area contributed by atoms with Crippen molar-refractivity contribution in [3.05, 3.63) is 29.3 Å². The number of anilines is 1. The molecule has 0 aliphatic carbocycles. The van der Waals surface area contributed by atoms with Gasteiger partial charge in [0.15, 0.2) is 0 Å². The molecule has 1 fully saturated rings. The smallest absolute Gasteiger partial charge is 0.0994 e. The molecule has 2 rings (SSSR count). The second-order valence-electron chi connectivity index (χ2n) is 4.86. The van der Waals surface area contributed by atoms with Gasteiger partial charge >= 0.3 is 0 Å². The molecule has 1 aliphatic heterocycles. The van der Waals surface area contributed by atoms with Crippen LogP contribution in [0.15, 0.2) is 18.2 Å². The van der Waals surface area contributed by atoms with Crippen LogP contribution in [0.1, 0.15) is 30.9 Å². The van der Waals surface area contributed by atoms with Crippen LogP contribution in [0.5, 0.6) is 0 Å². The third-order valence-corrected chi connectivity index (χ3v) is 3.34. The summed E-state index contributed by atoms with van der Waals surface area (Å²) in [5.74, 6) is 0. The van der Waals surface area contributed by atoms with Crippen LogP contribution in [0.3, 0.4) is 0 Å². The summed E-state index contributed by atoms with van der Waals surface area (Å²) >= 11 is 0. The summed E-state index contributed by atoms with van der Waals surface area (Å²) in [4.78, 5) is 0. The first-order chi connectivity index (χ1) is 8.19. The molecule has 1 aromatic carbocycles. The molecule has 1 heterocycles. The maximum atomic E-state index is 8.89. The average Bonchev–Trinajstić information content (AvgIpc) is 2.29. The van der Waals surface area contributed by atoms with Crippen LogP contribution in [0.2, 0.25) is 0 Å². The lowest BCUT2D eigenvalue weighted by Crippen LogP contribution is -2.41. The Morgan fingerprint density at radius 1 is 1.47 bits per heavy atom. The van der Waals surface area contributed by atoms with Gasteiger partial charge in [0.25, 0.3) is 0 Å². The third-order valence-electron chi connectivity index (χ3n) is 3.34. The van der Waals surface area contributed by atoms with Crippen molar-refractivity contribution in [2.45, 2.75) is 38.8 Å². The van der Waals surface area contributed by atoms with Gasteiger partial charge in [-0.15, -0.1) is 0 Å². The SMILES string of the molecule is Cc1cc(NC2CCNC(C)C2)ccc1C#N. The van der Waals surface area contributed by atoms with Gasteiger partial charge in [0.05, 0.1) is 11.6 Å². The zero-order valence-electron chi connectivity index (χ0n) is 10.5. The lowest BCUT2D eigenvalue weighted by Gasteiger charge is -2.29.